The Morgan fingerprint density at radius 2 is 1.76 bits per heavy atom. The van der Waals surface area contributed by atoms with Crippen molar-refractivity contribution in [2.75, 3.05) is 33.8 Å². The summed E-state index contributed by atoms with van der Waals surface area (Å²) in [6.07, 6.45) is 3.30. The maximum absolute atomic E-state index is 13.5. The van der Waals surface area contributed by atoms with Gasteiger partial charge in [0.1, 0.15) is 23.9 Å². The minimum atomic E-state index is -1.58. The van der Waals surface area contributed by atoms with Crippen molar-refractivity contribution >= 4 is 39.9 Å². The van der Waals surface area contributed by atoms with E-state index < -0.39 is 7.12 Å². The molecule has 0 aliphatic rings. The molecule has 4 aromatic rings. The van der Waals surface area contributed by atoms with Crippen molar-refractivity contribution in [1.82, 2.24) is 10.2 Å². The van der Waals surface area contributed by atoms with Crippen LogP contribution in [0.5, 0.6) is 17.2 Å². The minimum absolute atomic E-state index is 0.0562. The highest BCUT2D eigenvalue weighted by atomic mass is 32.1. The molecule has 0 bridgehead atoms. The summed E-state index contributed by atoms with van der Waals surface area (Å²) in [6, 6.07) is 18.6. The van der Waals surface area contributed by atoms with E-state index in [1.54, 1.807) is 50.5 Å². The molecule has 0 saturated carbocycles. The molecule has 0 spiro atoms. The number of amides is 1. The lowest BCUT2D eigenvalue weighted by Gasteiger charge is -2.10. The Kier molecular flexibility index (Phi) is 9.14. The molecule has 196 valence electrons. The second kappa shape index (κ2) is 12.7. The third-order valence-corrected chi connectivity index (χ3v) is 6.81. The van der Waals surface area contributed by atoms with Gasteiger partial charge < -0.3 is 29.7 Å². The van der Waals surface area contributed by atoms with Crippen molar-refractivity contribution in [2.24, 2.45) is 0 Å². The fraction of sp³-hybridized carbons (Fsp3) is 0.179. The Bertz CT molecular complexity index is 1410. The zero-order valence-electron chi connectivity index (χ0n) is 21.1. The molecule has 4 rings (SSSR count). The molecule has 0 fully saturated rings. The van der Waals surface area contributed by atoms with Gasteiger partial charge in [0.05, 0.1) is 4.88 Å². The van der Waals surface area contributed by atoms with Crippen LogP contribution < -0.4 is 20.3 Å². The van der Waals surface area contributed by atoms with Gasteiger partial charge in [-0.15, -0.1) is 11.3 Å². The summed E-state index contributed by atoms with van der Waals surface area (Å²) in [5.74, 6) is 1.51. The topological polar surface area (TPSA) is 91.3 Å². The zero-order chi connectivity index (χ0) is 27.1. The predicted molar refractivity (Wildman–Crippen MR) is 150 cm³/mol. The van der Waals surface area contributed by atoms with E-state index in [4.69, 9.17) is 9.47 Å². The monoisotopic (exact) mass is 534 g/mol. The molecule has 1 aromatic heterocycles. The SMILES string of the molecule is CN(C)C(=O)/C=C/CNCCOc1ccc(Oc2c(-c3ccc(F)cc3)sc3cc(B(O)O)ccc23)cc1. The number of thiophene rings is 1. The number of carbonyl (C=O) groups excluding carboxylic acids is 1. The average molecular weight is 534 g/mol. The summed E-state index contributed by atoms with van der Waals surface area (Å²) in [7, 11) is 1.83. The zero-order valence-corrected chi connectivity index (χ0v) is 21.9. The highest BCUT2D eigenvalue weighted by Crippen LogP contribution is 2.46. The van der Waals surface area contributed by atoms with Crippen LogP contribution in [0.3, 0.4) is 0 Å². The summed E-state index contributed by atoms with van der Waals surface area (Å²) in [5, 5.41) is 23.1. The Hall–Kier alpha value is -3.70. The van der Waals surface area contributed by atoms with Crippen LogP contribution in [0.2, 0.25) is 0 Å². The van der Waals surface area contributed by atoms with Gasteiger partial charge in [-0.25, -0.2) is 4.39 Å². The van der Waals surface area contributed by atoms with E-state index in [0.29, 0.717) is 42.4 Å². The maximum atomic E-state index is 13.5. The first kappa shape index (κ1) is 27.3. The first-order valence-corrected chi connectivity index (χ1v) is 12.8. The molecule has 0 unspecified atom stereocenters. The third-order valence-electron chi connectivity index (χ3n) is 5.63. The second-order valence-electron chi connectivity index (χ2n) is 8.66. The Labute approximate surface area is 224 Å². The number of carbonyl (C=O) groups is 1. The molecule has 0 saturated heterocycles. The van der Waals surface area contributed by atoms with Crippen molar-refractivity contribution in [3.63, 3.8) is 0 Å². The number of hydrogen-bond acceptors (Lipinski definition) is 7. The molecule has 0 aliphatic heterocycles. The number of benzene rings is 3. The smallest absolute Gasteiger partial charge is 0.488 e. The van der Waals surface area contributed by atoms with Gasteiger partial charge in [0.2, 0.25) is 5.91 Å². The average Bonchev–Trinajstić information content (AvgIpc) is 3.26. The van der Waals surface area contributed by atoms with Gasteiger partial charge in [-0.1, -0.05) is 30.3 Å². The largest absolute Gasteiger partial charge is 0.492 e. The maximum Gasteiger partial charge on any atom is 0.488 e. The number of hydrogen-bond donors (Lipinski definition) is 3. The number of rotatable bonds is 11. The van der Waals surface area contributed by atoms with Crippen LogP contribution in [0.4, 0.5) is 4.39 Å². The highest BCUT2D eigenvalue weighted by Gasteiger charge is 2.19. The van der Waals surface area contributed by atoms with E-state index in [1.807, 2.05) is 24.3 Å². The summed E-state index contributed by atoms with van der Waals surface area (Å²) in [6.45, 7) is 1.64. The molecular weight excluding hydrogens is 506 g/mol. The van der Waals surface area contributed by atoms with Crippen molar-refractivity contribution in [3.8, 4) is 27.7 Å². The van der Waals surface area contributed by atoms with Crippen LogP contribution >= 0.6 is 11.3 Å². The van der Waals surface area contributed by atoms with Crippen molar-refractivity contribution in [1.29, 1.82) is 0 Å². The summed E-state index contributed by atoms with van der Waals surface area (Å²) in [5.41, 5.74) is 1.17. The first-order valence-electron chi connectivity index (χ1n) is 12.0. The lowest BCUT2D eigenvalue weighted by molar-refractivity contribution is -0.123. The van der Waals surface area contributed by atoms with Crippen LogP contribution in [0.1, 0.15) is 0 Å². The summed E-state index contributed by atoms with van der Waals surface area (Å²) < 4.78 is 26.4. The van der Waals surface area contributed by atoms with E-state index >= 15 is 0 Å². The summed E-state index contributed by atoms with van der Waals surface area (Å²) in [4.78, 5) is 13.8. The van der Waals surface area contributed by atoms with Crippen molar-refractivity contribution in [2.45, 2.75) is 0 Å². The van der Waals surface area contributed by atoms with Crippen LogP contribution in [0.15, 0.2) is 78.9 Å². The lowest BCUT2D eigenvalue weighted by atomic mass is 9.80. The number of nitrogens with one attached hydrogen (secondary N) is 1. The third kappa shape index (κ3) is 6.99. The van der Waals surface area contributed by atoms with Crippen LogP contribution in [0.25, 0.3) is 20.5 Å². The second-order valence-corrected chi connectivity index (χ2v) is 9.71. The van der Waals surface area contributed by atoms with Gasteiger partial charge >= 0.3 is 7.12 Å². The molecule has 1 amide bonds. The first-order chi connectivity index (χ1) is 18.3. The normalized spacial score (nSPS) is 11.2. The van der Waals surface area contributed by atoms with Crippen LogP contribution in [0, 0.1) is 5.82 Å². The highest BCUT2D eigenvalue weighted by molar-refractivity contribution is 7.22. The molecule has 3 N–H and O–H groups in total. The number of halogens is 1. The number of fused-ring (bicyclic) bond motifs is 1. The van der Waals surface area contributed by atoms with Gasteiger partial charge in [0.15, 0.2) is 5.75 Å². The van der Waals surface area contributed by atoms with Gasteiger partial charge in [0, 0.05) is 43.3 Å². The van der Waals surface area contributed by atoms with E-state index in [0.717, 1.165) is 20.5 Å². The molecule has 10 heteroatoms. The van der Waals surface area contributed by atoms with Crippen molar-refractivity contribution in [3.05, 3.63) is 84.7 Å². The predicted octanol–water partition coefficient (Wildman–Crippen LogP) is 3.79. The summed E-state index contributed by atoms with van der Waals surface area (Å²) >= 11 is 1.43. The molecule has 0 aliphatic carbocycles. The van der Waals surface area contributed by atoms with E-state index in [1.165, 1.54) is 34.4 Å². The molecule has 1 heterocycles. The van der Waals surface area contributed by atoms with E-state index in [9.17, 15) is 19.2 Å². The Balaban J connectivity index is 1.43. The Morgan fingerprint density at radius 3 is 2.45 bits per heavy atom. The molecule has 38 heavy (non-hydrogen) atoms. The van der Waals surface area contributed by atoms with E-state index in [-0.39, 0.29) is 11.7 Å². The van der Waals surface area contributed by atoms with E-state index in [2.05, 4.69) is 5.32 Å². The van der Waals surface area contributed by atoms with Gasteiger partial charge in [-0.2, -0.15) is 0 Å². The number of nitrogens with zero attached hydrogens (tertiary/aromatic N) is 1. The van der Waals surface area contributed by atoms with Gasteiger partial charge in [-0.3, -0.25) is 4.79 Å². The fourth-order valence-electron chi connectivity index (χ4n) is 3.60. The number of ether oxygens (including phenoxy) is 2. The fourth-order valence-corrected chi connectivity index (χ4v) is 4.78. The Morgan fingerprint density at radius 1 is 1.05 bits per heavy atom. The van der Waals surface area contributed by atoms with Gasteiger partial charge in [0.25, 0.3) is 0 Å². The quantitative estimate of drug-likeness (QED) is 0.154. The molecule has 3 aromatic carbocycles. The van der Waals surface area contributed by atoms with Crippen molar-refractivity contribution < 1.29 is 28.7 Å². The molecule has 0 radical (unpaired) electrons. The number of likely N-dealkylation sites (N-methyl/N-ethyl adjacent to an activating group) is 1. The van der Waals surface area contributed by atoms with Gasteiger partial charge in [-0.05, 0) is 53.5 Å². The van der Waals surface area contributed by atoms with Crippen LogP contribution in [-0.4, -0.2) is 61.8 Å². The minimum Gasteiger partial charge on any atom is -0.492 e. The van der Waals surface area contributed by atoms with Crippen LogP contribution in [-0.2, 0) is 4.79 Å². The molecular formula is C28H28BFN2O5S. The molecule has 7 nitrogen and oxygen atoms in total. The lowest BCUT2D eigenvalue weighted by Crippen LogP contribution is -2.29. The molecule has 0 atom stereocenters. The standard InChI is InChI=1S/C28H28BFN2O5S/c1-32(2)26(33)4-3-15-31-16-17-36-22-10-12-23(13-11-22)37-27-24-14-7-20(29(34)35)18-25(24)38-28(27)19-5-8-21(30)9-6-19/h3-14,18,31,34-35H,15-17H2,1-2H3/b4-3+.